The molecule has 6 heteroatoms. The van der Waals surface area contributed by atoms with Crippen molar-refractivity contribution in [3.8, 4) is 0 Å². The Balaban J connectivity index is 2.38. The van der Waals surface area contributed by atoms with Crippen LogP contribution >= 0.6 is 15.9 Å². The number of anilines is 3. The molecule has 1 aromatic carbocycles. The molecule has 17 heavy (non-hydrogen) atoms. The van der Waals surface area contributed by atoms with Gasteiger partial charge in [-0.15, -0.1) is 0 Å². The molecule has 0 saturated carbocycles. The number of hydrogen-bond acceptors (Lipinski definition) is 4. The van der Waals surface area contributed by atoms with E-state index in [2.05, 4.69) is 31.2 Å². The Hall–Kier alpha value is -1.69. The molecule has 0 unspecified atom stereocenters. The van der Waals surface area contributed by atoms with Crippen molar-refractivity contribution in [2.24, 2.45) is 0 Å². The molecule has 4 nitrogen and oxygen atoms in total. The molecule has 3 N–H and O–H groups in total. The zero-order chi connectivity index (χ0) is 12.4. The van der Waals surface area contributed by atoms with Crippen molar-refractivity contribution in [2.45, 2.75) is 6.92 Å². The molecule has 2 rings (SSSR count). The SMILES string of the molecule is Cc1cccc(Nc2ncnc(N)c2Br)c1F. The van der Waals surface area contributed by atoms with Gasteiger partial charge in [-0.2, -0.15) is 0 Å². The van der Waals surface area contributed by atoms with Gasteiger partial charge in [-0.3, -0.25) is 0 Å². The third-order valence-corrected chi connectivity index (χ3v) is 3.04. The van der Waals surface area contributed by atoms with Crippen LogP contribution in [0.2, 0.25) is 0 Å². The Morgan fingerprint density at radius 2 is 2.12 bits per heavy atom. The van der Waals surface area contributed by atoms with Gasteiger partial charge in [-0.1, -0.05) is 12.1 Å². The van der Waals surface area contributed by atoms with Crippen molar-refractivity contribution in [2.75, 3.05) is 11.1 Å². The zero-order valence-corrected chi connectivity index (χ0v) is 10.6. The Morgan fingerprint density at radius 1 is 1.35 bits per heavy atom. The van der Waals surface area contributed by atoms with Crippen molar-refractivity contribution >= 4 is 33.3 Å². The fourth-order valence-corrected chi connectivity index (χ4v) is 1.65. The van der Waals surface area contributed by atoms with Crippen LogP contribution in [0.15, 0.2) is 29.0 Å². The first-order chi connectivity index (χ1) is 8.09. The average Bonchev–Trinajstić information content (AvgIpc) is 2.31. The Bertz CT molecular complexity index is 510. The van der Waals surface area contributed by atoms with Gasteiger partial charge >= 0.3 is 0 Å². The van der Waals surface area contributed by atoms with Crippen molar-refractivity contribution < 1.29 is 4.39 Å². The molecule has 1 aromatic heterocycles. The number of halogens is 2. The van der Waals surface area contributed by atoms with E-state index in [1.807, 2.05) is 0 Å². The van der Waals surface area contributed by atoms with Crippen LogP contribution in [0.3, 0.4) is 0 Å². The summed E-state index contributed by atoms with van der Waals surface area (Å²) in [5, 5.41) is 2.87. The topological polar surface area (TPSA) is 63.8 Å². The van der Waals surface area contributed by atoms with Crippen LogP contribution in [0.4, 0.5) is 21.7 Å². The Kier molecular flexibility index (Phi) is 3.23. The molecular formula is C11H10BrFN4. The van der Waals surface area contributed by atoms with Crippen molar-refractivity contribution in [1.29, 1.82) is 0 Å². The lowest BCUT2D eigenvalue weighted by molar-refractivity contribution is 0.622. The summed E-state index contributed by atoms with van der Waals surface area (Å²) in [6, 6.07) is 5.09. The normalized spacial score (nSPS) is 10.3. The maximum Gasteiger partial charge on any atom is 0.150 e. The van der Waals surface area contributed by atoms with E-state index in [-0.39, 0.29) is 5.82 Å². The van der Waals surface area contributed by atoms with Crippen LogP contribution in [-0.2, 0) is 0 Å². The van der Waals surface area contributed by atoms with Crippen LogP contribution in [0.25, 0.3) is 0 Å². The molecule has 1 heterocycles. The second-order valence-corrected chi connectivity index (χ2v) is 4.28. The number of nitrogens with zero attached hydrogens (tertiary/aromatic N) is 2. The lowest BCUT2D eigenvalue weighted by atomic mass is 10.2. The predicted octanol–water partition coefficient (Wildman–Crippen LogP) is 3.01. The second-order valence-electron chi connectivity index (χ2n) is 3.48. The number of nitrogen functional groups attached to an aromatic ring is 1. The smallest absolute Gasteiger partial charge is 0.150 e. The molecule has 2 aromatic rings. The highest BCUT2D eigenvalue weighted by atomic mass is 79.9. The van der Waals surface area contributed by atoms with E-state index in [1.165, 1.54) is 6.33 Å². The molecule has 0 amide bonds. The van der Waals surface area contributed by atoms with Gasteiger partial charge in [-0.25, -0.2) is 14.4 Å². The number of hydrogen-bond donors (Lipinski definition) is 2. The maximum atomic E-state index is 13.8. The van der Waals surface area contributed by atoms with Crippen LogP contribution < -0.4 is 11.1 Å². The molecule has 0 atom stereocenters. The largest absolute Gasteiger partial charge is 0.383 e. The maximum absolute atomic E-state index is 13.8. The van der Waals surface area contributed by atoms with Crippen LogP contribution in [0.5, 0.6) is 0 Å². The predicted molar refractivity (Wildman–Crippen MR) is 68.6 cm³/mol. The molecule has 0 bridgehead atoms. The summed E-state index contributed by atoms with van der Waals surface area (Å²) in [7, 11) is 0. The van der Waals surface area contributed by atoms with Gasteiger partial charge in [0, 0.05) is 0 Å². The highest BCUT2D eigenvalue weighted by Gasteiger charge is 2.09. The van der Waals surface area contributed by atoms with E-state index in [9.17, 15) is 4.39 Å². The third-order valence-electron chi connectivity index (χ3n) is 2.26. The van der Waals surface area contributed by atoms with Crippen molar-refractivity contribution in [3.63, 3.8) is 0 Å². The minimum Gasteiger partial charge on any atom is -0.383 e. The molecule has 0 spiro atoms. The van der Waals surface area contributed by atoms with E-state index in [1.54, 1.807) is 25.1 Å². The average molecular weight is 297 g/mol. The lowest BCUT2D eigenvalue weighted by Gasteiger charge is -2.10. The summed E-state index contributed by atoms with van der Waals surface area (Å²) >= 11 is 3.25. The van der Waals surface area contributed by atoms with Gasteiger partial charge in [0.1, 0.15) is 28.3 Å². The Labute approximate surface area is 106 Å². The minimum absolute atomic E-state index is 0.301. The first kappa shape index (κ1) is 11.8. The fourth-order valence-electron chi connectivity index (χ4n) is 1.34. The first-order valence-corrected chi connectivity index (χ1v) is 5.67. The highest BCUT2D eigenvalue weighted by molar-refractivity contribution is 9.10. The van der Waals surface area contributed by atoms with Gasteiger partial charge in [0.15, 0.2) is 0 Å². The molecule has 88 valence electrons. The standard InChI is InChI=1S/C11H10BrFN4/c1-6-3-2-4-7(9(6)13)17-11-8(12)10(14)15-5-16-11/h2-5H,1H3,(H3,14,15,16,17). The molecule has 0 fully saturated rings. The van der Waals surface area contributed by atoms with Crippen molar-refractivity contribution in [3.05, 3.63) is 40.4 Å². The summed E-state index contributed by atoms with van der Waals surface area (Å²) in [6.45, 7) is 1.70. The van der Waals surface area contributed by atoms with Crippen LogP contribution in [-0.4, -0.2) is 9.97 Å². The van der Waals surface area contributed by atoms with Crippen LogP contribution in [0, 0.1) is 12.7 Å². The molecule has 0 aliphatic heterocycles. The monoisotopic (exact) mass is 296 g/mol. The van der Waals surface area contributed by atoms with Gasteiger partial charge < -0.3 is 11.1 Å². The summed E-state index contributed by atoms with van der Waals surface area (Å²) in [5.74, 6) is 0.425. The van der Waals surface area contributed by atoms with Crippen LogP contribution in [0.1, 0.15) is 5.56 Å². The number of rotatable bonds is 2. The van der Waals surface area contributed by atoms with Gasteiger partial charge in [-0.05, 0) is 34.5 Å². The quantitative estimate of drug-likeness (QED) is 0.894. The third kappa shape index (κ3) is 2.36. The molecule has 0 radical (unpaired) electrons. The van der Waals surface area contributed by atoms with E-state index < -0.39 is 0 Å². The van der Waals surface area contributed by atoms with E-state index in [0.29, 0.717) is 27.4 Å². The van der Waals surface area contributed by atoms with E-state index in [4.69, 9.17) is 5.73 Å². The molecule has 0 saturated heterocycles. The molecule has 0 aliphatic carbocycles. The number of nitrogens with two attached hydrogens (primary N) is 1. The number of aryl methyl sites for hydroxylation is 1. The minimum atomic E-state index is -0.309. The zero-order valence-electron chi connectivity index (χ0n) is 9.04. The summed E-state index contributed by atoms with van der Waals surface area (Å²) < 4.78 is 14.3. The van der Waals surface area contributed by atoms with E-state index >= 15 is 0 Å². The fraction of sp³-hybridized carbons (Fsp3) is 0.0909. The summed E-state index contributed by atoms with van der Waals surface area (Å²) in [4.78, 5) is 7.80. The second kappa shape index (κ2) is 4.67. The van der Waals surface area contributed by atoms with E-state index in [0.717, 1.165) is 0 Å². The van der Waals surface area contributed by atoms with Gasteiger partial charge in [0.05, 0.1) is 5.69 Å². The Morgan fingerprint density at radius 3 is 2.88 bits per heavy atom. The number of benzene rings is 1. The number of aromatic nitrogens is 2. The highest BCUT2D eigenvalue weighted by Crippen LogP contribution is 2.28. The first-order valence-electron chi connectivity index (χ1n) is 4.87. The van der Waals surface area contributed by atoms with Gasteiger partial charge in [0.2, 0.25) is 0 Å². The lowest BCUT2D eigenvalue weighted by Crippen LogP contribution is -2.01. The molecular weight excluding hydrogens is 287 g/mol. The summed E-state index contributed by atoms with van der Waals surface area (Å²) in [6.07, 6.45) is 1.32. The van der Waals surface area contributed by atoms with Gasteiger partial charge in [0.25, 0.3) is 0 Å². The van der Waals surface area contributed by atoms with Crippen molar-refractivity contribution in [1.82, 2.24) is 9.97 Å². The summed E-state index contributed by atoms with van der Waals surface area (Å²) in [5.41, 5.74) is 6.52. The molecule has 0 aliphatic rings. The number of nitrogens with one attached hydrogen (secondary N) is 1.